The molecule has 0 unspecified atom stereocenters. The molecule has 0 aromatic heterocycles. The van der Waals surface area contributed by atoms with Gasteiger partial charge in [-0.05, 0) is 26.0 Å². The van der Waals surface area contributed by atoms with Crippen molar-refractivity contribution in [2.45, 2.75) is 19.4 Å². The van der Waals surface area contributed by atoms with E-state index in [0.29, 0.717) is 0 Å². The van der Waals surface area contributed by atoms with E-state index in [-0.39, 0.29) is 5.60 Å². The minimum absolute atomic E-state index is 0.308. The monoisotopic (exact) mass is 204 g/mol. The Balaban J connectivity index is 2.51. The molecule has 15 heavy (non-hydrogen) atoms. The van der Waals surface area contributed by atoms with Gasteiger partial charge in [-0.1, -0.05) is 6.07 Å². The third-order valence-corrected chi connectivity index (χ3v) is 2.34. The summed E-state index contributed by atoms with van der Waals surface area (Å²) in [6, 6.07) is 5.99. The SMILES string of the molecule is CN(C)c1cccc2c1N=CC(C)(C)O2. The first-order chi connectivity index (χ1) is 6.99. The number of ether oxygens (including phenoxy) is 1. The molecule has 0 fully saturated rings. The van der Waals surface area contributed by atoms with Gasteiger partial charge < -0.3 is 9.64 Å². The lowest BCUT2D eigenvalue weighted by atomic mass is 10.1. The van der Waals surface area contributed by atoms with E-state index in [1.807, 2.05) is 57.3 Å². The van der Waals surface area contributed by atoms with Gasteiger partial charge in [-0.3, -0.25) is 4.99 Å². The third kappa shape index (κ3) is 1.82. The van der Waals surface area contributed by atoms with Gasteiger partial charge in [-0.25, -0.2) is 0 Å². The van der Waals surface area contributed by atoms with Crippen LogP contribution in [-0.2, 0) is 0 Å². The lowest BCUT2D eigenvalue weighted by Gasteiger charge is -2.28. The number of rotatable bonds is 1. The molecule has 0 aliphatic carbocycles. The fraction of sp³-hybridized carbons (Fsp3) is 0.417. The van der Waals surface area contributed by atoms with Crippen LogP contribution in [0.5, 0.6) is 5.75 Å². The van der Waals surface area contributed by atoms with Crippen LogP contribution in [0.2, 0.25) is 0 Å². The van der Waals surface area contributed by atoms with Crippen LogP contribution in [0.4, 0.5) is 11.4 Å². The van der Waals surface area contributed by atoms with Gasteiger partial charge in [0, 0.05) is 20.3 Å². The number of anilines is 1. The van der Waals surface area contributed by atoms with Crippen molar-refractivity contribution in [3.05, 3.63) is 18.2 Å². The molecule has 3 heteroatoms. The Morgan fingerprint density at radius 2 is 2.00 bits per heavy atom. The third-order valence-electron chi connectivity index (χ3n) is 2.34. The first-order valence-corrected chi connectivity index (χ1v) is 5.04. The van der Waals surface area contributed by atoms with E-state index in [4.69, 9.17) is 4.74 Å². The highest BCUT2D eigenvalue weighted by molar-refractivity contribution is 5.83. The van der Waals surface area contributed by atoms with Crippen LogP contribution in [0.25, 0.3) is 0 Å². The Hall–Kier alpha value is -1.51. The summed E-state index contributed by atoms with van der Waals surface area (Å²) in [7, 11) is 4.01. The molecule has 1 aliphatic heterocycles. The molecule has 0 saturated heterocycles. The second kappa shape index (κ2) is 3.26. The summed E-state index contributed by atoms with van der Waals surface area (Å²) in [4.78, 5) is 6.51. The smallest absolute Gasteiger partial charge is 0.148 e. The van der Waals surface area contributed by atoms with Gasteiger partial charge in [0.2, 0.25) is 0 Å². The Bertz CT molecular complexity index is 408. The first kappa shape index (κ1) is 10.0. The Morgan fingerprint density at radius 3 is 2.67 bits per heavy atom. The predicted octanol–water partition coefficient (Wildman–Crippen LogP) is 2.63. The summed E-state index contributed by atoms with van der Waals surface area (Å²) in [6.45, 7) is 4.00. The summed E-state index contributed by atoms with van der Waals surface area (Å²) >= 11 is 0. The maximum Gasteiger partial charge on any atom is 0.148 e. The number of fused-ring (bicyclic) bond motifs is 1. The molecule has 0 saturated carbocycles. The molecule has 1 heterocycles. The highest BCUT2D eigenvalue weighted by atomic mass is 16.5. The number of hydrogen-bond donors (Lipinski definition) is 0. The fourth-order valence-corrected chi connectivity index (χ4v) is 1.61. The van der Waals surface area contributed by atoms with Crippen LogP contribution in [-0.4, -0.2) is 25.9 Å². The van der Waals surface area contributed by atoms with Crippen LogP contribution in [0.1, 0.15) is 13.8 Å². The van der Waals surface area contributed by atoms with Crippen molar-refractivity contribution in [2.75, 3.05) is 19.0 Å². The second-order valence-corrected chi connectivity index (χ2v) is 4.48. The zero-order valence-corrected chi connectivity index (χ0v) is 9.61. The van der Waals surface area contributed by atoms with Crippen LogP contribution in [0, 0.1) is 0 Å². The van der Waals surface area contributed by atoms with Crippen molar-refractivity contribution < 1.29 is 4.74 Å². The molecule has 0 atom stereocenters. The highest BCUT2D eigenvalue weighted by Crippen LogP contribution is 2.40. The minimum Gasteiger partial charge on any atom is -0.480 e. The molecule has 3 nitrogen and oxygen atoms in total. The molecule has 1 aromatic carbocycles. The largest absolute Gasteiger partial charge is 0.480 e. The van der Waals surface area contributed by atoms with Crippen molar-refractivity contribution in [1.82, 2.24) is 0 Å². The topological polar surface area (TPSA) is 24.8 Å². The molecular formula is C12H16N2O. The van der Waals surface area contributed by atoms with Crippen molar-refractivity contribution in [2.24, 2.45) is 4.99 Å². The summed E-state index contributed by atoms with van der Waals surface area (Å²) in [6.07, 6.45) is 1.85. The maximum absolute atomic E-state index is 5.83. The minimum atomic E-state index is -0.308. The molecule has 1 aromatic rings. The molecule has 0 amide bonds. The van der Waals surface area contributed by atoms with Crippen LogP contribution in [0.15, 0.2) is 23.2 Å². The maximum atomic E-state index is 5.83. The molecule has 80 valence electrons. The van der Waals surface area contributed by atoms with E-state index in [1.54, 1.807) is 0 Å². The van der Waals surface area contributed by atoms with Crippen LogP contribution >= 0.6 is 0 Å². The summed E-state index contributed by atoms with van der Waals surface area (Å²) in [5.41, 5.74) is 1.69. The lowest BCUT2D eigenvalue weighted by molar-refractivity contribution is 0.184. The number of hydrogen-bond acceptors (Lipinski definition) is 3. The second-order valence-electron chi connectivity index (χ2n) is 4.48. The highest BCUT2D eigenvalue weighted by Gasteiger charge is 2.24. The van der Waals surface area contributed by atoms with E-state index < -0.39 is 0 Å². The number of nitrogens with zero attached hydrogens (tertiary/aromatic N) is 2. The van der Waals surface area contributed by atoms with Crippen molar-refractivity contribution in [1.29, 1.82) is 0 Å². The van der Waals surface area contributed by atoms with E-state index >= 15 is 0 Å². The van der Waals surface area contributed by atoms with Gasteiger partial charge >= 0.3 is 0 Å². The van der Waals surface area contributed by atoms with Crippen LogP contribution < -0.4 is 9.64 Å². The normalized spacial score (nSPS) is 16.8. The van der Waals surface area contributed by atoms with Crippen molar-refractivity contribution >= 4 is 17.6 Å². The Labute approximate surface area is 90.4 Å². The zero-order chi connectivity index (χ0) is 11.1. The molecule has 0 spiro atoms. The zero-order valence-electron chi connectivity index (χ0n) is 9.61. The molecule has 0 radical (unpaired) electrons. The van der Waals surface area contributed by atoms with E-state index in [0.717, 1.165) is 17.1 Å². The molecular weight excluding hydrogens is 188 g/mol. The van der Waals surface area contributed by atoms with Crippen LogP contribution in [0.3, 0.4) is 0 Å². The van der Waals surface area contributed by atoms with E-state index in [1.165, 1.54) is 0 Å². The Morgan fingerprint density at radius 1 is 1.27 bits per heavy atom. The molecule has 1 aliphatic rings. The Kier molecular flexibility index (Phi) is 2.18. The summed E-state index contributed by atoms with van der Waals surface area (Å²) in [5, 5.41) is 0. The average Bonchev–Trinajstić information content (AvgIpc) is 2.14. The first-order valence-electron chi connectivity index (χ1n) is 5.04. The summed E-state index contributed by atoms with van der Waals surface area (Å²) < 4.78 is 5.83. The van der Waals surface area contributed by atoms with Gasteiger partial charge in [0.25, 0.3) is 0 Å². The van der Waals surface area contributed by atoms with Gasteiger partial charge in [0.1, 0.15) is 17.0 Å². The van der Waals surface area contributed by atoms with E-state index in [2.05, 4.69) is 4.99 Å². The predicted molar refractivity (Wildman–Crippen MR) is 63.6 cm³/mol. The summed E-state index contributed by atoms with van der Waals surface area (Å²) in [5.74, 6) is 0.855. The fourth-order valence-electron chi connectivity index (χ4n) is 1.61. The van der Waals surface area contributed by atoms with Gasteiger partial charge in [0.15, 0.2) is 0 Å². The molecule has 0 N–H and O–H groups in total. The molecule has 2 rings (SSSR count). The quantitative estimate of drug-likeness (QED) is 0.702. The molecule has 0 bridgehead atoms. The number of aliphatic imine (C=N–C) groups is 1. The van der Waals surface area contributed by atoms with Gasteiger partial charge in [0.05, 0.1) is 5.69 Å². The van der Waals surface area contributed by atoms with E-state index in [9.17, 15) is 0 Å². The van der Waals surface area contributed by atoms with Crippen molar-refractivity contribution in [3.8, 4) is 5.75 Å². The van der Waals surface area contributed by atoms with Gasteiger partial charge in [-0.2, -0.15) is 0 Å². The standard InChI is InChI=1S/C12H16N2O/c1-12(2)8-13-11-9(14(3)4)6-5-7-10(11)15-12/h5-8H,1-4H3. The number of para-hydroxylation sites is 1. The van der Waals surface area contributed by atoms with Crippen molar-refractivity contribution in [3.63, 3.8) is 0 Å². The average molecular weight is 204 g/mol. The lowest BCUT2D eigenvalue weighted by Crippen LogP contribution is -2.32. The number of benzene rings is 1. The van der Waals surface area contributed by atoms with Gasteiger partial charge in [-0.15, -0.1) is 0 Å².